The van der Waals surface area contributed by atoms with Crippen molar-refractivity contribution < 1.29 is 83.3 Å². The summed E-state index contributed by atoms with van der Waals surface area (Å²) in [5.74, 6) is -3.56. The van der Waals surface area contributed by atoms with E-state index in [1.807, 2.05) is 13.8 Å². The first kappa shape index (κ1) is 25.6. The summed E-state index contributed by atoms with van der Waals surface area (Å²) in [7, 11) is 0. The van der Waals surface area contributed by atoms with Crippen LogP contribution in [0.3, 0.4) is 0 Å². The number of nitrogens with zero attached hydrogens (tertiary/aromatic N) is 1. The van der Waals surface area contributed by atoms with Crippen molar-refractivity contribution in [2.45, 2.75) is 26.8 Å². The zero-order chi connectivity index (χ0) is 19.9. The van der Waals surface area contributed by atoms with Gasteiger partial charge in [-0.25, -0.2) is 0 Å². The van der Waals surface area contributed by atoms with Gasteiger partial charge in [0.05, 0.1) is 22.6 Å². The number of hydrogen-bond acceptors (Lipinski definition) is 7. The zero-order valence-corrected chi connectivity index (χ0v) is 20.6. The molecule has 3 aromatic rings. The Kier molecular flexibility index (Phi) is 8.89. The van der Waals surface area contributed by atoms with E-state index in [1.54, 1.807) is 0 Å². The average molecular weight is 415 g/mol. The second-order valence-electron chi connectivity index (χ2n) is 6.64. The molecular formula is C19H15NNa2O7. The zero-order valence-electron chi connectivity index (χ0n) is 16.6. The van der Waals surface area contributed by atoms with Gasteiger partial charge >= 0.3 is 59.1 Å². The molecule has 0 saturated carbocycles. The van der Waals surface area contributed by atoms with Crippen LogP contribution in [0.25, 0.3) is 21.9 Å². The third-order valence-electron chi connectivity index (χ3n) is 4.30. The van der Waals surface area contributed by atoms with Crippen molar-refractivity contribution in [3.8, 4) is 0 Å². The van der Waals surface area contributed by atoms with E-state index in [0.717, 1.165) is 12.1 Å². The van der Waals surface area contributed by atoms with Crippen LogP contribution in [0, 0.1) is 5.92 Å². The molecule has 3 rings (SSSR count). The van der Waals surface area contributed by atoms with Gasteiger partial charge in [-0.3, -0.25) is 9.59 Å². The summed E-state index contributed by atoms with van der Waals surface area (Å²) in [6.07, 6.45) is 0.624. The number of fused-ring (bicyclic) bond motifs is 2. The molecule has 0 saturated heterocycles. The fraction of sp³-hybridized carbons (Fsp3) is 0.263. The van der Waals surface area contributed by atoms with Crippen LogP contribution in [-0.2, 0) is 6.54 Å². The van der Waals surface area contributed by atoms with E-state index in [2.05, 4.69) is 0 Å². The summed E-state index contributed by atoms with van der Waals surface area (Å²) in [5, 5.41) is 22.7. The minimum atomic E-state index is -1.66. The minimum absolute atomic E-state index is 0. The van der Waals surface area contributed by atoms with Gasteiger partial charge in [-0.1, -0.05) is 13.8 Å². The molecule has 0 bridgehead atoms. The van der Waals surface area contributed by atoms with Crippen LogP contribution >= 0.6 is 0 Å². The molecule has 0 fully saturated rings. The normalized spacial score (nSPS) is 10.6. The maximum atomic E-state index is 12.4. The van der Waals surface area contributed by atoms with E-state index < -0.39 is 28.6 Å². The summed E-state index contributed by atoms with van der Waals surface area (Å²) in [4.78, 5) is 47.1. The molecule has 0 aliphatic rings. The van der Waals surface area contributed by atoms with Crippen LogP contribution in [-0.4, -0.2) is 16.5 Å². The van der Waals surface area contributed by atoms with E-state index in [1.165, 1.54) is 16.7 Å². The Morgan fingerprint density at radius 3 is 2.14 bits per heavy atom. The van der Waals surface area contributed by atoms with Crippen molar-refractivity contribution in [1.29, 1.82) is 0 Å². The average Bonchev–Trinajstić information content (AvgIpc) is 2.59. The molecule has 0 radical (unpaired) electrons. The first-order valence-electron chi connectivity index (χ1n) is 8.27. The van der Waals surface area contributed by atoms with Gasteiger partial charge in [0, 0.05) is 30.1 Å². The maximum absolute atomic E-state index is 12.4. The first-order valence-corrected chi connectivity index (χ1v) is 8.27. The fourth-order valence-electron chi connectivity index (χ4n) is 2.92. The van der Waals surface area contributed by atoms with E-state index in [9.17, 15) is 29.4 Å². The third-order valence-corrected chi connectivity index (χ3v) is 4.30. The molecule has 0 spiro atoms. The van der Waals surface area contributed by atoms with Crippen molar-refractivity contribution in [3.05, 3.63) is 56.2 Å². The van der Waals surface area contributed by atoms with Crippen LogP contribution in [0.5, 0.6) is 0 Å². The number of pyridine rings is 1. The monoisotopic (exact) mass is 415 g/mol. The number of carbonyl (C=O) groups is 2. The number of aromatic nitrogens is 1. The number of carbonyl (C=O) groups excluding carboxylic acids is 2. The van der Waals surface area contributed by atoms with Crippen molar-refractivity contribution >= 4 is 33.8 Å². The number of benzene rings is 1. The molecule has 2 aromatic heterocycles. The predicted octanol–water partition coefficient (Wildman–Crippen LogP) is -6.11. The maximum Gasteiger partial charge on any atom is 1.00 e. The Morgan fingerprint density at radius 1 is 0.966 bits per heavy atom. The molecule has 0 aliphatic heterocycles. The van der Waals surface area contributed by atoms with Gasteiger partial charge in [-0.2, -0.15) is 0 Å². The first-order chi connectivity index (χ1) is 12.7. The largest absolute Gasteiger partial charge is 1.00 e. The van der Waals surface area contributed by atoms with Crippen LogP contribution in [0.4, 0.5) is 0 Å². The minimum Gasteiger partial charge on any atom is -0.543 e. The SMILES string of the molecule is CC(C)CCn1c(C(=O)[O-])cc(=O)c2cc3c(=O)cc(C(=O)[O-])oc3cc21.[Na+].[Na+]. The Bertz CT molecular complexity index is 1210. The molecule has 0 N–H and O–H groups in total. The van der Waals surface area contributed by atoms with Crippen LogP contribution in [0.1, 0.15) is 41.3 Å². The molecule has 29 heavy (non-hydrogen) atoms. The topological polar surface area (TPSA) is 132 Å². The molecule has 0 atom stereocenters. The molecule has 0 unspecified atom stereocenters. The molecule has 2 heterocycles. The van der Waals surface area contributed by atoms with Gasteiger partial charge in [0.2, 0.25) is 0 Å². The standard InChI is InChI=1S/C19H17NO7.2Na/c1-9(2)3-4-20-12-7-16-11(15(22)8-17(27-16)19(25)26)5-10(12)14(21)6-13(20)18(23)24;;/h5-9H,3-4H2,1-2H3,(H,23,24)(H,25,26);;/q;2*+1/p-2. The summed E-state index contributed by atoms with van der Waals surface area (Å²) >= 11 is 0. The van der Waals surface area contributed by atoms with E-state index >= 15 is 0 Å². The smallest absolute Gasteiger partial charge is 0.543 e. The number of carboxylic acid groups (broad SMARTS) is 2. The molecule has 10 heteroatoms. The molecule has 0 amide bonds. The number of aryl methyl sites for hydroxylation is 1. The van der Waals surface area contributed by atoms with Crippen LogP contribution in [0.2, 0.25) is 0 Å². The Hall–Kier alpha value is -1.42. The van der Waals surface area contributed by atoms with Gasteiger partial charge in [-0.15, -0.1) is 0 Å². The van der Waals surface area contributed by atoms with Crippen molar-refractivity contribution in [1.82, 2.24) is 4.57 Å². The Morgan fingerprint density at radius 2 is 1.59 bits per heavy atom. The van der Waals surface area contributed by atoms with Crippen LogP contribution in [0.15, 0.2) is 38.3 Å². The summed E-state index contributed by atoms with van der Waals surface area (Å²) < 4.78 is 6.59. The molecule has 140 valence electrons. The van der Waals surface area contributed by atoms with E-state index in [0.29, 0.717) is 6.42 Å². The van der Waals surface area contributed by atoms with Crippen molar-refractivity contribution in [2.75, 3.05) is 0 Å². The van der Waals surface area contributed by atoms with Gasteiger partial charge in [0.25, 0.3) is 0 Å². The number of carboxylic acids is 2. The second-order valence-corrected chi connectivity index (χ2v) is 6.64. The number of hydrogen-bond donors (Lipinski definition) is 0. The van der Waals surface area contributed by atoms with Crippen molar-refractivity contribution in [3.63, 3.8) is 0 Å². The predicted molar refractivity (Wildman–Crippen MR) is 92.4 cm³/mol. The Balaban J connectivity index is 0.00000210. The van der Waals surface area contributed by atoms with Crippen molar-refractivity contribution in [2.24, 2.45) is 5.92 Å². The number of rotatable bonds is 5. The van der Waals surface area contributed by atoms with E-state index in [4.69, 9.17) is 4.42 Å². The van der Waals surface area contributed by atoms with Gasteiger partial charge in [0.1, 0.15) is 11.6 Å². The third kappa shape index (κ3) is 5.20. The van der Waals surface area contributed by atoms with Gasteiger partial charge in [-0.05, 0) is 18.4 Å². The molecule has 1 aromatic carbocycles. The van der Waals surface area contributed by atoms with Gasteiger partial charge in [0.15, 0.2) is 16.6 Å². The summed E-state index contributed by atoms with van der Waals surface area (Å²) in [5.41, 5.74) is -1.40. The quantitative estimate of drug-likeness (QED) is 0.299. The summed E-state index contributed by atoms with van der Waals surface area (Å²) in [6.45, 7) is 4.21. The molecule has 0 aliphatic carbocycles. The molecule has 8 nitrogen and oxygen atoms in total. The van der Waals surface area contributed by atoms with E-state index in [-0.39, 0.29) is 99.1 Å². The number of aromatic carboxylic acids is 2. The fourth-order valence-corrected chi connectivity index (χ4v) is 2.92. The van der Waals surface area contributed by atoms with Gasteiger partial charge < -0.3 is 28.8 Å². The molecular weight excluding hydrogens is 400 g/mol. The second kappa shape index (κ2) is 10.1. The van der Waals surface area contributed by atoms with Crippen LogP contribution < -0.4 is 80.2 Å². The summed E-state index contributed by atoms with van der Waals surface area (Å²) in [6, 6.07) is 4.31. The Labute approximate surface area is 209 Å².